The van der Waals surface area contributed by atoms with Gasteiger partial charge in [0.2, 0.25) is 5.91 Å². The van der Waals surface area contributed by atoms with Crippen LogP contribution in [0, 0.1) is 6.92 Å². The molecule has 3 aromatic rings. The Morgan fingerprint density at radius 2 is 2.09 bits per heavy atom. The lowest BCUT2D eigenvalue weighted by Gasteiger charge is -2.06. The molecule has 5 heteroatoms. The van der Waals surface area contributed by atoms with Crippen molar-refractivity contribution in [3.05, 3.63) is 58.4 Å². The van der Waals surface area contributed by atoms with E-state index in [2.05, 4.69) is 26.2 Å². The first-order valence-electron chi connectivity index (χ1n) is 7.02. The van der Waals surface area contributed by atoms with Crippen LogP contribution in [0.15, 0.2) is 51.4 Å². The Hall–Kier alpha value is -2.14. The summed E-state index contributed by atoms with van der Waals surface area (Å²) in [6, 6.07) is 13.3. The first kappa shape index (κ1) is 14.8. The Morgan fingerprint density at radius 3 is 2.86 bits per heavy atom. The highest BCUT2D eigenvalue weighted by Crippen LogP contribution is 2.20. The topological polar surface area (TPSA) is 55.1 Å². The van der Waals surface area contributed by atoms with Crippen molar-refractivity contribution in [3.63, 3.8) is 0 Å². The third kappa shape index (κ3) is 3.36. The molecule has 0 bridgehead atoms. The van der Waals surface area contributed by atoms with Gasteiger partial charge in [-0.1, -0.05) is 28.1 Å². The van der Waals surface area contributed by atoms with Gasteiger partial charge in [0, 0.05) is 23.0 Å². The molecule has 0 spiro atoms. The van der Waals surface area contributed by atoms with E-state index in [1.807, 2.05) is 49.4 Å². The molecule has 0 saturated carbocycles. The molecule has 1 N–H and O–H groups in total. The number of para-hydroxylation sites is 2. The number of hydrogen-bond acceptors (Lipinski definition) is 3. The molecule has 1 aromatic heterocycles. The number of carbonyl (C=O) groups excluding carboxylic acids is 1. The maximum atomic E-state index is 12.0. The van der Waals surface area contributed by atoms with Gasteiger partial charge in [0.05, 0.1) is 0 Å². The number of nitrogens with zero attached hydrogens (tertiary/aromatic N) is 1. The van der Waals surface area contributed by atoms with Crippen molar-refractivity contribution in [3.8, 4) is 0 Å². The van der Waals surface area contributed by atoms with E-state index in [0.717, 1.165) is 26.8 Å². The zero-order valence-corrected chi connectivity index (χ0v) is 13.7. The summed E-state index contributed by atoms with van der Waals surface area (Å²) in [6.45, 7) is 1.98. The van der Waals surface area contributed by atoms with Crippen molar-refractivity contribution >= 4 is 38.6 Å². The fourth-order valence-corrected chi connectivity index (χ4v) is 2.44. The summed E-state index contributed by atoms with van der Waals surface area (Å²) in [5.74, 6) is 0.535. The van der Waals surface area contributed by atoms with Gasteiger partial charge < -0.3 is 9.73 Å². The van der Waals surface area contributed by atoms with Crippen LogP contribution in [-0.4, -0.2) is 10.9 Å². The highest BCUT2D eigenvalue weighted by atomic mass is 79.9. The smallest absolute Gasteiger partial charge is 0.224 e. The van der Waals surface area contributed by atoms with E-state index in [1.54, 1.807) is 0 Å². The molecule has 0 aliphatic carbocycles. The summed E-state index contributed by atoms with van der Waals surface area (Å²) >= 11 is 3.44. The van der Waals surface area contributed by atoms with E-state index in [1.165, 1.54) is 0 Å². The number of aromatic nitrogens is 1. The Balaban J connectivity index is 1.60. The van der Waals surface area contributed by atoms with Gasteiger partial charge in [0.15, 0.2) is 11.5 Å². The van der Waals surface area contributed by atoms with Gasteiger partial charge in [0.25, 0.3) is 0 Å². The molecule has 0 unspecified atom stereocenters. The third-order valence-electron chi connectivity index (χ3n) is 3.35. The molecule has 1 heterocycles. The number of benzene rings is 2. The Kier molecular flexibility index (Phi) is 4.24. The second kappa shape index (κ2) is 6.32. The molecule has 1 amide bonds. The highest BCUT2D eigenvalue weighted by Gasteiger charge is 2.09. The van der Waals surface area contributed by atoms with Gasteiger partial charge in [-0.15, -0.1) is 0 Å². The minimum absolute atomic E-state index is 0.0519. The average Bonchev–Trinajstić information content (AvgIpc) is 2.92. The Bertz CT molecular complexity index is 793. The van der Waals surface area contributed by atoms with Crippen LogP contribution >= 0.6 is 15.9 Å². The Morgan fingerprint density at radius 1 is 1.27 bits per heavy atom. The minimum atomic E-state index is -0.0519. The lowest BCUT2D eigenvalue weighted by atomic mass is 10.2. The predicted molar refractivity (Wildman–Crippen MR) is 89.8 cm³/mol. The van der Waals surface area contributed by atoms with Crippen LogP contribution < -0.4 is 5.32 Å². The van der Waals surface area contributed by atoms with Crippen LogP contribution in [0.25, 0.3) is 11.1 Å². The van der Waals surface area contributed by atoms with Crippen LogP contribution in [0.1, 0.15) is 17.9 Å². The molecule has 4 nitrogen and oxygen atoms in total. The van der Waals surface area contributed by atoms with Gasteiger partial charge in [-0.05, 0) is 42.8 Å². The van der Waals surface area contributed by atoms with Gasteiger partial charge in [0.1, 0.15) is 5.52 Å². The number of halogens is 1. The van der Waals surface area contributed by atoms with Crippen molar-refractivity contribution < 1.29 is 9.21 Å². The van der Waals surface area contributed by atoms with E-state index < -0.39 is 0 Å². The summed E-state index contributed by atoms with van der Waals surface area (Å²) in [7, 11) is 0. The van der Waals surface area contributed by atoms with Crippen LogP contribution in [0.3, 0.4) is 0 Å². The number of aryl methyl sites for hydroxylation is 2. The van der Waals surface area contributed by atoms with E-state index in [9.17, 15) is 4.79 Å². The number of hydrogen-bond donors (Lipinski definition) is 1. The summed E-state index contributed by atoms with van der Waals surface area (Å²) in [5.41, 5.74) is 3.45. The summed E-state index contributed by atoms with van der Waals surface area (Å²) < 4.78 is 6.63. The molecule has 0 atom stereocenters. The van der Waals surface area contributed by atoms with E-state index in [0.29, 0.717) is 18.7 Å². The molecule has 0 fully saturated rings. The second-order valence-corrected chi connectivity index (χ2v) is 5.94. The standard InChI is InChI=1S/C17H15BrN2O2/c1-11-10-12(6-7-13(11)18)19-16(21)8-9-17-20-14-4-2-3-5-15(14)22-17/h2-7,10H,8-9H2,1H3,(H,19,21). The van der Waals surface area contributed by atoms with Crippen LogP contribution in [0.2, 0.25) is 0 Å². The first-order chi connectivity index (χ1) is 10.6. The average molecular weight is 359 g/mol. The fourth-order valence-electron chi connectivity index (χ4n) is 2.19. The molecule has 0 aliphatic heterocycles. The number of oxazole rings is 1. The maximum Gasteiger partial charge on any atom is 0.224 e. The van der Waals surface area contributed by atoms with E-state index in [4.69, 9.17) is 4.42 Å². The summed E-state index contributed by atoms with van der Waals surface area (Å²) in [6.07, 6.45) is 0.817. The molecular formula is C17H15BrN2O2. The molecular weight excluding hydrogens is 344 g/mol. The third-order valence-corrected chi connectivity index (χ3v) is 4.24. The van der Waals surface area contributed by atoms with Gasteiger partial charge in [-0.25, -0.2) is 4.98 Å². The van der Waals surface area contributed by atoms with Crippen LogP contribution in [-0.2, 0) is 11.2 Å². The molecule has 112 valence electrons. The lowest BCUT2D eigenvalue weighted by molar-refractivity contribution is -0.116. The van der Waals surface area contributed by atoms with Crippen molar-refractivity contribution in [1.29, 1.82) is 0 Å². The van der Waals surface area contributed by atoms with Gasteiger partial charge >= 0.3 is 0 Å². The van der Waals surface area contributed by atoms with Crippen molar-refractivity contribution in [2.75, 3.05) is 5.32 Å². The number of carbonyl (C=O) groups is 1. The quantitative estimate of drug-likeness (QED) is 0.748. The molecule has 0 aliphatic rings. The zero-order valence-electron chi connectivity index (χ0n) is 12.1. The van der Waals surface area contributed by atoms with Crippen molar-refractivity contribution in [1.82, 2.24) is 4.98 Å². The first-order valence-corrected chi connectivity index (χ1v) is 7.81. The number of fused-ring (bicyclic) bond motifs is 1. The largest absolute Gasteiger partial charge is 0.441 e. The predicted octanol–water partition coefficient (Wildman–Crippen LogP) is 4.47. The number of rotatable bonds is 4. The van der Waals surface area contributed by atoms with Gasteiger partial charge in [-0.3, -0.25) is 4.79 Å². The highest BCUT2D eigenvalue weighted by molar-refractivity contribution is 9.10. The molecule has 0 saturated heterocycles. The second-order valence-electron chi connectivity index (χ2n) is 5.09. The Labute approximate surface area is 136 Å². The SMILES string of the molecule is Cc1cc(NC(=O)CCc2nc3ccccc3o2)ccc1Br. The monoisotopic (exact) mass is 358 g/mol. The summed E-state index contributed by atoms with van der Waals surface area (Å²) in [5, 5.41) is 2.88. The maximum absolute atomic E-state index is 12.0. The molecule has 2 aromatic carbocycles. The lowest BCUT2D eigenvalue weighted by Crippen LogP contribution is -2.12. The summed E-state index contributed by atoms with van der Waals surface area (Å²) in [4.78, 5) is 16.4. The number of anilines is 1. The molecule has 22 heavy (non-hydrogen) atoms. The fraction of sp³-hybridized carbons (Fsp3) is 0.176. The normalized spacial score (nSPS) is 10.8. The number of nitrogens with one attached hydrogen (secondary N) is 1. The molecule has 0 radical (unpaired) electrons. The number of amides is 1. The van der Waals surface area contributed by atoms with Crippen LogP contribution in [0.4, 0.5) is 5.69 Å². The zero-order chi connectivity index (χ0) is 15.5. The van der Waals surface area contributed by atoms with Gasteiger partial charge in [-0.2, -0.15) is 0 Å². The van der Waals surface area contributed by atoms with Crippen molar-refractivity contribution in [2.24, 2.45) is 0 Å². The minimum Gasteiger partial charge on any atom is -0.441 e. The van der Waals surface area contributed by atoms with E-state index >= 15 is 0 Å². The van der Waals surface area contributed by atoms with E-state index in [-0.39, 0.29) is 5.91 Å². The van der Waals surface area contributed by atoms with Crippen LogP contribution in [0.5, 0.6) is 0 Å². The van der Waals surface area contributed by atoms with Crippen molar-refractivity contribution in [2.45, 2.75) is 19.8 Å². The molecule has 3 rings (SSSR count).